The predicted octanol–water partition coefficient (Wildman–Crippen LogP) is 5.93. The summed E-state index contributed by atoms with van der Waals surface area (Å²) >= 11 is 5.60. The highest BCUT2D eigenvalue weighted by Gasteiger charge is 2.16. The van der Waals surface area contributed by atoms with Crippen LogP contribution in [0.2, 0.25) is 0 Å². The van der Waals surface area contributed by atoms with Crippen LogP contribution in [0.5, 0.6) is 11.5 Å². The molecule has 0 aliphatic heterocycles. The van der Waals surface area contributed by atoms with Crippen LogP contribution in [0, 0.1) is 18.6 Å². The van der Waals surface area contributed by atoms with Gasteiger partial charge in [-0.2, -0.15) is 0 Å². The Morgan fingerprint density at radius 1 is 1.10 bits per heavy atom. The first kappa shape index (κ1) is 15.8. The summed E-state index contributed by atoms with van der Waals surface area (Å²) in [5.41, 5.74) is 2.25. The van der Waals surface area contributed by atoms with Crippen molar-refractivity contribution in [3.05, 3.63) is 58.7 Å². The molecule has 0 N–H and O–H groups in total. The van der Waals surface area contributed by atoms with Gasteiger partial charge in [-0.1, -0.05) is 26.0 Å². The number of alkyl halides is 1. The number of hydrogen-bond acceptors (Lipinski definition) is 1. The fourth-order valence-corrected chi connectivity index (χ4v) is 2.26. The van der Waals surface area contributed by atoms with E-state index in [0.717, 1.165) is 11.1 Å². The largest absolute Gasteiger partial charge is 0.451 e. The van der Waals surface area contributed by atoms with Gasteiger partial charge in [0, 0.05) is 5.88 Å². The number of aryl methyl sites for hydroxylation is 1. The van der Waals surface area contributed by atoms with Gasteiger partial charge in [-0.3, -0.25) is 0 Å². The topological polar surface area (TPSA) is 9.23 Å². The first-order chi connectivity index (χ1) is 9.92. The number of hydrogen-bond donors (Lipinski definition) is 0. The van der Waals surface area contributed by atoms with Crippen molar-refractivity contribution >= 4 is 11.6 Å². The van der Waals surface area contributed by atoms with E-state index < -0.39 is 17.4 Å². The molecule has 0 fully saturated rings. The van der Waals surface area contributed by atoms with E-state index >= 15 is 0 Å². The fourth-order valence-electron chi connectivity index (χ4n) is 2.10. The van der Waals surface area contributed by atoms with Crippen LogP contribution in [0.1, 0.15) is 36.5 Å². The monoisotopic (exact) mass is 310 g/mol. The zero-order chi connectivity index (χ0) is 15.6. The number of rotatable bonds is 4. The van der Waals surface area contributed by atoms with Gasteiger partial charge in [0.25, 0.3) is 0 Å². The van der Waals surface area contributed by atoms with Gasteiger partial charge in [0.1, 0.15) is 5.75 Å². The lowest BCUT2D eigenvalue weighted by Gasteiger charge is -2.15. The van der Waals surface area contributed by atoms with Crippen molar-refractivity contribution in [2.75, 3.05) is 0 Å². The van der Waals surface area contributed by atoms with Crippen LogP contribution in [-0.2, 0) is 5.88 Å². The predicted molar refractivity (Wildman–Crippen MR) is 81.3 cm³/mol. The zero-order valence-corrected chi connectivity index (χ0v) is 13.0. The molecule has 0 aliphatic carbocycles. The third kappa shape index (κ3) is 3.53. The molecule has 2 rings (SSSR count). The summed E-state index contributed by atoms with van der Waals surface area (Å²) in [6.45, 7) is 5.90. The highest BCUT2D eigenvalue weighted by molar-refractivity contribution is 6.17. The summed E-state index contributed by atoms with van der Waals surface area (Å²) in [6, 6.07) is 8.03. The molecule has 0 aromatic heterocycles. The number of halogens is 3. The Balaban J connectivity index is 2.45. The molecular weight excluding hydrogens is 294 g/mol. The highest BCUT2D eigenvalue weighted by Crippen LogP contribution is 2.34. The van der Waals surface area contributed by atoms with Crippen molar-refractivity contribution < 1.29 is 13.5 Å². The Morgan fingerprint density at radius 2 is 1.71 bits per heavy atom. The van der Waals surface area contributed by atoms with Gasteiger partial charge in [0.05, 0.1) is 0 Å². The molecule has 0 spiro atoms. The molecule has 0 radical (unpaired) electrons. The van der Waals surface area contributed by atoms with E-state index in [-0.39, 0.29) is 11.8 Å². The highest BCUT2D eigenvalue weighted by atomic mass is 35.5. The average molecular weight is 311 g/mol. The van der Waals surface area contributed by atoms with Crippen LogP contribution in [0.25, 0.3) is 0 Å². The summed E-state index contributed by atoms with van der Waals surface area (Å²) in [4.78, 5) is 0. The molecule has 112 valence electrons. The van der Waals surface area contributed by atoms with E-state index in [1.54, 1.807) is 6.07 Å². The van der Waals surface area contributed by atoms with Gasteiger partial charge < -0.3 is 4.74 Å². The van der Waals surface area contributed by atoms with Gasteiger partial charge in [-0.05, 0) is 47.7 Å². The molecule has 0 bridgehead atoms. The third-order valence-corrected chi connectivity index (χ3v) is 3.52. The quantitative estimate of drug-likeness (QED) is 0.636. The minimum Gasteiger partial charge on any atom is -0.451 e. The first-order valence-corrected chi connectivity index (χ1v) is 7.28. The molecule has 0 saturated heterocycles. The molecule has 4 heteroatoms. The second-order valence-corrected chi connectivity index (χ2v) is 5.59. The van der Waals surface area contributed by atoms with Crippen LogP contribution in [-0.4, -0.2) is 0 Å². The summed E-state index contributed by atoms with van der Waals surface area (Å²) in [7, 11) is 0. The Morgan fingerprint density at radius 3 is 2.24 bits per heavy atom. The van der Waals surface area contributed by atoms with Gasteiger partial charge in [-0.15, -0.1) is 11.6 Å². The average Bonchev–Trinajstić information content (AvgIpc) is 2.42. The van der Waals surface area contributed by atoms with Crippen molar-refractivity contribution in [2.24, 2.45) is 0 Å². The smallest absolute Gasteiger partial charge is 0.198 e. The Hall–Kier alpha value is -1.61. The fraction of sp³-hybridized carbons (Fsp3) is 0.294. The maximum atomic E-state index is 14.0. The standard InChI is InChI=1S/C17H17ClF2O/c1-10(2)13-5-4-11(3)6-16(13)21-17-14(19)7-12(9-18)8-15(17)20/h4-8,10H,9H2,1-3H3. The third-order valence-electron chi connectivity index (χ3n) is 3.22. The van der Waals surface area contributed by atoms with E-state index in [4.69, 9.17) is 16.3 Å². The molecule has 0 heterocycles. The first-order valence-electron chi connectivity index (χ1n) is 6.74. The molecule has 0 amide bonds. The van der Waals surface area contributed by atoms with Gasteiger partial charge in [0.15, 0.2) is 17.4 Å². The molecular formula is C17H17ClF2O. The lowest BCUT2D eigenvalue weighted by Crippen LogP contribution is -1.99. The maximum absolute atomic E-state index is 14.0. The lowest BCUT2D eigenvalue weighted by atomic mass is 10.0. The Labute approximate surface area is 128 Å². The van der Waals surface area contributed by atoms with Crippen molar-refractivity contribution in [3.8, 4) is 11.5 Å². The van der Waals surface area contributed by atoms with Crippen LogP contribution in [0.4, 0.5) is 8.78 Å². The molecule has 0 saturated carbocycles. The van der Waals surface area contributed by atoms with Crippen molar-refractivity contribution in [3.63, 3.8) is 0 Å². The van der Waals surface area contributed by atoms with E-state index in [2.05, 4.69) is 0 Å². The zero-order valence-electron chi connectivity index (χ0n) is 12.2. The second-order valence-electron chi connectivity index (χ2n) is 5.32. The SMILES string of the molecule is Cc1ccc(C(C)C)c(Oc2c(F)cc(CCl)cc2F)c1. The molecule has 2 aromatic carbocycles. The number of ether oxygens (including phenoxy) is 1. The van der Waals surface area contributed by atoms with E-state index in [0.29, 0.717) is 11.3 Å². The lowest BCUT2D eigenvalue weighted by molar-refractivity contribution is 0.401. The van der Waals surface area contributed by atoms with Crippen molar-refractivity contribution in [1.29, 1.82) is 0 Å². The summed E-state index contributed by atoms with van der Waals surface area (Å²) in [5.74, 6) is -1.18. The minimum absolute atomic E-state index is 0.0514. The minimum atomic E-state index is -0.748. The van der Waals surface area contributed by atoms with Gasteiger partial charge in [0.2, 0.25) is 0 Å². The molecule has 21 heavy (non-hydrogen) atoms. The molecule has 0 unspecified atom stereocenters. The molecule has 2 aromatic rings. The maximum Gasteiger partial charge on any atom is 0.198 e. The van der Waals surface area contributed by atoms with Crippen molar-refractivity contribution in [2.45, 2.75) is 32.6 Å². The van der Waals surface area contributed by atoms with Crippen LogP contribution in [0.3, 0.4) is 0 Å². The van der Waals surface area contributed by atoms with E-state index in [9.17, 15) is 8.78 Å². The molecule has 1 nitrogen and oxygen atoms in total. The molecule has 0 aliphatic rings. The Kier molecular flexibility index (Phi) is 4.84. The number of benzene rings is 2. The van der Waals surface area contributed by atoms with Gasteiger partial charge >= 0.3 is 0 Å². The second kappa shape index (κ2) is 6.44. The van der Waals surface area contributed by atoms with E-state index in [1.165, 1.54) is 12.1 Å². The van der Waals surface area contributed by atoms with Crippen LogP contribution >= 0.6 is 11.6 Å². The summed E-state index contributed by atoms with van der Waals surface area (Å²) in [5, 5.41) is 0. The van der Waals surface area contributed by atoms with Crippen LogP contribution in [0.15, 0.2) is 30.3 Å². The summed E-state index contributed by atoms with van der Waals surface area (Å²) in [6.07, 6.45) is 0. The van der Waals surface area contributed by atoms with Crippen LogP contribution < -0.4 is 4.74 Å². The molecule has 0 atom stereocenters. The van der Waals surface area contributed by atoms with Gasteiger partial charge in [-0.25, -0.2) is 8.78 Å². The Bertz CT molecular complexity index is 630. The van der Waals surface area contributed by atoms with E-state index in [1.807, 2.05) is 32.9 Å². The summed E-state index contributed by atoms with van der Waals surface area (Å²) < 4.78 is 33.5. The normalized spacial score (nSPS) is 11.0. The van der Waals surface area contributed by atoms with Crippen molar-refractivity contribution in [1.82, 2.24) is 0 Å².